The van der Waals surface area contributed by atoms with Crippen LogP contribution in [0.15, 0.2) is 0 Å². The lowest BCUT2D eigenvalue weighted by molar-refractivity contribution is -0.145. The molecule has 2 fully saturated rings. The Bertz CT molecular complexity index is 258. The quantitative estimate of drug-likeness (QED) is 0.692. The van der Waals surface area contributed by atoms with Crippen LogP contribution in [0.4, 0.5) is 0 Å². The molecule has 1 aliphatic heterocycles. The van der Waals surface area contributed by atoms with Crippen LogP contribution in [0.1, 0.15) is 33.1 Å². The Kier molecular flexibility index (Phi) is 2.86. The highest BCUT2D eigenvalue weighted by molar-refractivity contribution is 5.79. The van der Waals surface area contributed by atoms with Crippen LogP contribution in [0.2, 0.25) is 0 Å². The minimum absolute atomic E-state index is 0.0280. The van der Waals surface area contributed by atoms with Crippen molar-refractivity contribution in [1.82, 2.24) is 4.90 Å². The molecule has 2 unspecified atom stereocenters. The maximum atomic E-state index is 11.4. The Balaban J connectivity index is 1.92. The summed E-state index contributed by atoms with van der Waals surface area (Å²) in [4.78, 5) is 13.8. The lowest BCUT2D eigenvalue weighted by Gasteiger charge is -2.52. The van der Waals surface area contributed by atoms with Gasteiger partial charge in [0.05, 0.1) is 5.60 Å². The zero-order valence-corrected chi connectivity index (χ0v) is 9.95. The molecular formula is C12H21NO2. The van der Waals surface area contributed by atoms with Gasteiger partial charge in [0.15, 0.2) is 0 Å². The van der Waals surface area contributed by atoms with Crippen LogP contribution in [0.5, 0.6) is 0 Å². The first-order chi connectivity index (χ1) is 7.04. The molecule has 0 amide bonds. The molecule has 2 rings (SSSR count). The van der Waals surface area contributed by atoms with Crippen molar-refractivity contribution < 1.29 is 9.53 Å². The van der Waals surface area contributed by atoms with E-state index in [0.717, 1.165) is 32.4 Å². The molecule has 0 aromatic rings. The summed E-state index contributed by atoms with van der Waals surface area (Å²) in [6, 6.07) is 0.467. The fourth-order valence-corrected chi connectivity index (χ4v) is 2.78. The normalized spacial score (nSPS) is 36.3. The van der Waals surface area contributed by atoms with E-state index in [9.17, 15) is 4.79 Å². The van der Waals surface area contributed by atoms with Crippen molar-refractivity contribution in [3.8, 4) is 0 Å². The molecule has 0 aromatic carbocycles. The molecule has 1 saturated carbocycles. The summed E-state index contributed by atoms with van der Waals surface area (Å²) in [5, 5.41) is 0. The first-order valence-electron chi connectivity index (χ1n) is 5.85. The van der Waals surface area contributed by atoms with Crippen LogP contribution in [0, 0.1) is 5.92 Å². The van der Waals surface area contributed by atoms with E-state index in [1.54, 1.807) is 7.11 Å². The van der Waals surface area contributed by atoms with Gasteiger partial charge in [-0.3, -0.25) is 9.69 Å². The van der Waals surface area contributed by atoms with Gasteiger partial charge < -0.3 is 4.74 Å². The lowest BCUT2D eigenvalue weighted by Crippen LogP contribution is -2.65. The molecule has 1 aliphatic carbocycles. The van der Waals surface area contributed by atoms with Gasteiger partial charge in [-0.25, -0.2) is 0 Å². The van der Waals surface area contributed by atoms with E-state index < -0.39 is 0 Å². The van der Waals surface area contributed by atoms with Crippen molar-refractivity contribution >= 4 is 5.78 Å². The smallest absolute Gasteiger partial charge is 0.134 e. The maximum absolute atomic E-state index is 11.4. The number of methoxy groups -OCH3 is 1. The number of likely N-dealkylation sites (tertiary alicyclic amines) is 1. The largest absolute Gasteiger partial charge is 0.376 e. The van der Waals surface area contributed by atoms with Crippen molar-refractivity contribution in [3.05, 3.63) is 0 Å². The molecule has 1 heterocycles. The summed E-state index contributed by atoms with van der Waals surface area (Å²) in [5.41, 5.74) is 0.0280. The third-order valence-electron chi connectivity index (χ3n) is 4.01. The first-order valence-corrected chi connectivity index (χ1v) is 5.85. The third-order valence-corrected chi connectivity index (χ3v) is 4.01. The Morgan fingerprint density at radius 1 is 1.47 bits per heavy atom. The number of carbonyl (C=O) groups excluding carboxylic acids is 1. The van der Waals surface area contributed by atoms with E-state index in [-0.39, 0.29) is 5.60 Å². The maximum Gasteiger partial charge on any atom is 0.134 e. The number of ketones is 1. The van der Waals surface area contributed by atoms with Gasteiger partial charge in [-0.15, -0.1) is 0 Å². The molecule has 0 bridgehead atoms. The van der Waals surface area contributed by atoms with E-state index >= 15 is 0 Å². The molecule has 0 radical (unpaired) electrons. The second kappa shape index (κ2) is 3.87. The van der Waals surface area contributed by atoms with Crippen LogP contribution in [-0.4, -0.2) is 42.5 Å². The van der Waals surface area contributed by atoms with E-state index in [0.29, 0.717) is 17.7 Å². The third kappa shape index (κ3) is 2.08. The van der Waals surface area contributed by atoms with Gasteiger partial charge in [-0.05, 0) is 19.3 Å². The number of hydrogen-bond donors (Lipinski definition) is 0. The molecule has 2 atom stereocenters. The van der Waals surface area contributed by atoms with Gasteiger partial charge in [0, 0.05) is 39.1 Å². The van der Waals surface area contributed by atoms with Crippen molar-refractivity contribution in [3.63, 3.8) is 0 Å². The predicted molar refractivity (Wildman–Crippen MR) is 58.8 cm³/mol. The van der Waals surface area contributed by atoms with E-state index in [1.165, 1.54) is 0 Å². The summed E-state index contributed by atoms with van der Waals surface area (Å²) < 4.78 is 5.43. The van der Waals surface area contributed by atoms with Crippen molar-refractivity contribution in [1.29, 1.82) is 0 Å². The molecule has 1 saturated heterocycles. The highest BCUT2D eigenvalue weighted by Crippen LogP contribution is 2.33. The number of Topliss-reactive ketones (excluding diaryl/α,β-unsaturated/α-hetero) is 1. The SMILES string of the molecule is COC1(C)CN(C2CC(=O)CCC2C)C1. The lowest BCUT2D eigenvalue weighted by atomic mass is 9.80. The molecule has 2 aliphatic rings. The Hall–Kier alpha value is -0.410. The highest BCUT2D eigenvalue weighted by Gasteiger charge is 2.44. The average molecular weight is 211 g/mol. The van der Waals surface area contributed by atoms with Gasteiger partial charge in [-0.1, -0.05) is 6.92 Å². The summed E-state index contributed by atoms with van der Waals surface area (Å²) in [5.74, 6) is 1.09. The van der Waals surface area contributed by atoms with Crippen molar-refractivity contribution in [2.45, 2.75) is 44.8 Å². The summed E-state index contributed by atoms with van der Waals surface area (Å²) in [7, 11) is 1.77. The minimum Gasteiger partial charge on any atom is -0.376 e. The van der Waals surface area contributed by atoms with Crippen molar-refractivity contribution in [2.75, 3.05) is 20.2 Å². The zero-order valence-electron chi connectivity index (χ0n) is 9.95. The molecule has 86 valence electrons. The second-order valence-electron chi connectivity index (χ2n) is 5.39. The highest BCUT2D eigenvalue weighted by atomic mass is 16.5. The van der Waals surface area contributed by atoms with Crippen LogP contribution >= 0.6 is 0 Å². The molecule has 0 aromatic heterocycles. The van der Waals surface area contributed by atoms with Gasteiger partial charge in [0.2, 0.25) is 0 Å². The van der Waals surface area contributed by atoms with Gasteiger partial charge in [-0.2, -0.15) is 0 Å². The van der Waals surface area contributed by atoms with Crippen molar-refractivity contribution in [2.24, 2.45) is 5.92 Å². The van der Waals surface area contributed by atoms with Crippen LogP contribution in [-0.2, 0) is 9.53 Å². The fraction of sp³-hybridized carbons (Fsp3) is 0.917. The molecule has 15 heavy (non-hydrogen) atoms. The fourth-order valence-electron chi connectivity index (χ4n) is 2.78. The number of ether oxygens (including phenoxy) is 1. The van der Waals surface area contributed by atoms with E-state index in [2.05, 4.69) is 18.7 Å². The number of nitrogens with zero attached hydrogens (tertiary/aromatic N) is 1. The van der Waals surface area contributed by atoms with E-state index in [4.69, 9.17) is 4.74 Å². The molecule has 0 N–H and O–H groups in total. The Labute approximate surface area is 91.8 Å². The number of carbonyl (C=O) groups is 1. The minimum atomic E-state index is 0.0280. The Morgan fingerprint density at radius 2 is 2.13 bits per heavy atom. The monoisotopic (exact) mass is 211 g/mol. The van der Waals surface area contributed by atoms with Gasteiger partial charge in [0.25, 0.3) is 0 Å². The zero-order chi connectivity index (χ0) is 11.1. The number of hydrogen-bond acceptors (Lipinski definition) is 3. The van der Waals surface area contributed by atoms with Gasteiger partial charge >= 0.3 is 0 Å². The Morgan fingerprint density at radius 3 is 2.73 bits per heavy atom. The molecule has 0 spiro atoms. The molecular weight excluding hydrogens is 190 g/mol. The van der Waals surface area contributed by atoms with Crippen LogP contribution in [0.25, 0.3) is 0 Å². The standard InChI is InChI=1S/C12H21NO2/c1-9-4-5-10(14)6-11(9)13-7-12(2,8-13)15-3/h9,11H,4-8H2,1-3H3. The summed E-state index contributed by atoms with van der Waals surface area (Å²) >= 11 is 0. The predicted octanol–water partition coefficient (Wildman–Crippen LogP) is 1.46. The van der Waals surface area contributed by atoms with Crippen LogP contribution < -0.4 is 0 Å². The molecule has 3 nitrogen and oxygen atoms in total. The first kappa shape index (κ1) is 11.1. The average Bonchev–Trinajstić information content (AvgIpc) is 2.17. The van der Waals surface area contributed by atoms with E-state index in [1.807, 2.05) is 0 Å². The van der Waals surface area contributed by atoms with Gasteiger partial charge in [0.1, 0.15) is 5.78 Å². The summed E-state index contributed by atoms with van der Waals surface area (Å²) in [6.07, 6.45) is 2.59. The van der Waals surface area contributed by atoms with Crippen LogP contribution in [0.3, 0.4) is 0 Å². The molecule has 3 heteroatoms. The summed E-state index contributed by atoms with van der Waals surface area (Å²) in [6.45, 7) is 6.36. The number of rotatable bonds is 2. The topological polar surface area (TPSA) is 29.5 Å². The second-order valence-corrected chi connectivity index (χ2v) is 5.39.